The van der Waals surface area contributed by atoms with Crippen molar-refractivity contribution in [2.45, 2.75) is 37.0 Å². The molecule has 0 spiro atoms. The summed E-state index contributed by atoms with van der Waals surface area (Å²) in [6.45, 7) is 7.15. The van der Waals surface area contributed by atoms with E-state index in [2.05, 4.69) is 268 Å². The van der Waals surface area contributed by atoms with Crippen molar-refractivity contribution in [2.24, 2.45) is 0 Å². The van der Waals surface area contributed by atoms with Crippen LogP contribution < -0.4 is 4.90 Å². The predicted molar refractivity (Wildman–Crippen MR) is 279 cm³/mol. The van der Waals surface area contributed by atoms with E-state index in [1.807, 2.05) is 0 Å². The van der Waals surface area contributed by atoms with E-state index in [1.54, 1.807) is 0 Å². The third kappa shape index (κ3) is 5.61. The van der Waals surface area contributed by atoms with Gasteiger partial charge in [-0.1, -0.05) is 214 Å². The Morgan fingerprint density at radius 1 is 0.269 bits per heavy atom. The average Bonchev–Trinajstić information content (AvgIpc) is 3.93. The Labute approximate surface area is 394 Å². The number of nitrogens with zero attached hydrogens (tertiary/aromatic N) is 1. The molecule has 67 heavy (non-hydrogen) atoms. The summed E-state index contributed by atoms with van der Waals surface area (Å²) in [4.78, 5) is 2.48. The molecule has 0 bridgehead atoms. The van der Waals surface area contributed by atoms with E-state index < -0.39 is 5.41 Å². The molecular weight excluding hydrogens is 807 g/mol. The van der Waals surface area contributed by atoms with Crippen molar-refractivity contribution in [3.05, 3.63) is 293 Å². The molecule has 1 heteroatoms. The van der Waals surface area contributed by atoms with Crippen LogP contribution in [0.25, 0.3) is 44.5 Å². The van der Waals surface area contributed by atoms with Gasteiger partial charge in [-0.15, -0.1) is 0 Å². The zero-order valence-electron chi connectivity index (χ0n) is 38.0. The van der Waals surface area contributed by atoms with Crippen molar-refractivity contribution in [1.29, 1.82) is 0 Å². The van der Waals surface area contributed by atoms with Gasteiger partial charge in [-0.2, -0.15) is 0 Å². The number of benzene rings is 10. The lowest BCUT2D eigenvalue weighted by atomic mass is 9.67. The van der Waals surface area contributed by atoms with Crippen LogP contribution in [0.2, 0.25) is 0 Å². The third-order valence-electron chi connectivity index (χ3n) is 15.6. The van der Waals surface area contributed by atoms with E-state index in [0.717, 1.165) is 17.1 Å². The maximum atomic E-state index is 2.48. The first kappa shape index (κ1) is 39.4. The molecular formula is C66H49N. The third-order valence-corrected chi connectivity index (χ3v) is 15.6. The van der Waals surface area contributed by atoms with Gasteiger partial charge in [-0.3, -0.25) is 0 Å². The van der Waals surface area contributed by atoms with Crippen LogP contribution in [0.4, 0.5) is 17.1 Å². The van der Waals surface area contributed by atoms with Gasteiger partial charge in [0, 0.05) is 27.9 Å². The monoisotopic (exact) mass is 855 g/mol. The lowest BCUT2D eigenvalue weighted by Gasteiger charge is -2.34. The fraction of sp³-hybridized carbons (Fsp3) is 0.0909. The molecule has 1 nitrogen and oxygen atoms in total. The smallest absolute Gasteiger partial charge is 0.0713 e. The van der Waals surface area contributed by atoms with E-state index in [4.69, 9.17) is 0 Å². The summed E-state index contributed by atoms with van der Waals surface area (Å²) in [6, 6.07) is 90.8. The van der Waals surface area contributed by atoms with Gasteiger partial charge in [0.05, 0.1) is 5.41 Å². The summed E-state index contributed by atoms with van der Waals surface area (Å²) in [5.41, 5.74) is 24.6. The number of rotatable bonds is 7. The van der Waals surface area contributed by atoms with E-state index >= 15 is 0 Å². The second-order valence-corrected chi connectivity index (χ2v) is 19.3. The first-order valence-electron chi connectivity index (χ1n) is 23.7. The molecule has 318 valence electrons. The van der Waals surface area contributed by atoms with Gasteiger partial charge in [0.1, 0.15) is 0 Å². The molecule has 1 unspecified atom stereocenters. The van der Waals surface area contributed by atoms with Crippen molar-refractivity contribution in [3.63, 3.8) is 0 Å². The molecule has 13 rings (SSSR count). The highest BCUT2D eigenvalue weighted by Crippen LogP contribution is 2.58. The van der Waals surface area contributed by atoms with Crippen LogP contribution in [-0.2, 0) is 16.2 Å². The Morgan fingerprint density at radius 3 is 1.28 bits per heavy atom. The lowest BCUT2D eigenvalue weighted by Crippen LogP contribution is -2.28. The van der Waals surface area contributed by atoms with E-state index in [0.29, 0.717) is 0 Å². The number of hydrogen-bond acceptors (Lipinski definition) is 1. The Morgan fingerprint density at radius 2 is 0.672 bits per heavy atom. The van der Waals surface area contributed by atoms with Gasteiger partial charge >= 0.3 is 0 Å². The molecule has 0 fully saturated rings. The zero-order chi connectivity index (χ0) is 44.9. The minimum atomic E-state index is -0.455. The maximum absolute atomic E-state index is 2.48. The first-order valence-corrected chi connectivity index (χ1v) is 23.7. The fourth-order valence-electron chi connectivity index (χ4n) is 12.4. The van der Waals surface area contributed by atoms with Crippen molar-refractivity contribution in [3.8, 4) is 44.5 Å². The highest BCUT2D eigenvalue weighted by Gasteiger charge is 2.46. The molecule has 10 aromatic rings. The molecule has 0 amide bonds. The Kier molecular flexibility index (Phi) is 8.67. The molecule has 3 aliphatic rings. The predicted octanol–water partition coefficient (Wildman–Crippen LogP) is 16.8. The quantitative estimate of drug-likeness (QED) is 0.154. The molecule has 0 aliphatic heterocycles. The summed E-state index contributed by atoms with van der Waals surface area (Å²) < 4.78 is 0. The van der Waals surface area contributed by atoms with Crippen LogP contribution in [0.3, 0.4) is 0 Å². The van der Waals surface area contributed by atoms with Crippen LogP contribution in [0, 0.1) is 0 Å². The first-order chi connectivity index (χ1) is 32.9. The number of anilines is 3. The van der Waals surface area contributed by atoms with Crippen LogP contribution in [-0.4, -0.2) is 0 Å². The molecule has 1 atom stereocenters. The lowest BCUT2D eigenvalue weighted by molar-refractivity contribution is 0.660. The van der Waals surface area contributed by atoms with Crippen molar-refractivity contribution < 1.29 is 0 Å². The van der Waals surface area contributed by atoms with Crippen LogP contribution in [0.1, 0.15) is 70.8 Å². The van der Waals surface area contributed by atoms with E-state index in [9.17, 15) is 0 Å². The van der Waals surface area contributed by atoms with Gasteiger partial charge in [-0.25, -0.2) is 0 Å². The fourth-order valence-corrected chi connectivity index (χ4v) is 12.4. The average molecular weight is 856 g/mol. The molecule has 10 aromatic carbocycles. The number of fused-ring (bicyclic) bond motifs is 9. The largest absolute Gasteiger partial charge is 0.310 e. The molecule has 0 N–H and O–H groups in total. The molecule has 0 saturated carbocycles. The van der Waals surface area contributed by atoms with Crippen LogP contribution >= 0.6 is 0 Å². The normalized spacial score (nSPS) is 16.3. The van der Waals surface area contributed by atoms with Gasteiger partial charge in [0.25, 0.3) is 0 Å². The second kappa shape index (κ2) is 14.8. The maximum Gasteiger partial charge on any atom is 0.0713 e. The zero-order valence-corrected chi connectivity index (χ0v) is 38.0. The summed E-state index contributed by atoms with van der Waals surface area (Å²) in [5, 5.41) is 0. The van der Waals surface area contributed by atoms with Crippen molar-refractivity contribution in [1.82, 2.24) is 0 Å². The topological polar surface area (TPSA) is 3.24 Å². The van der Waals surface area contributed by atoms with Crippen LogP contribution in [0.5, 0.6) is 0 Å². The van der Waals surface area contributed by atoms with Gasteiger partial charge < -0.3 is 4.90 Å². The Bertz CT molecular complexity index is 3510. The van der Waals surface area contributed by atoms with Gasteiger partial charge in [-0.05, 0) is 144 Å². The highest BCUT2D eigenvalue weighted by atomic mass is 15.1. The van der Waals surface area contributed by atoms with Crippen molar-refractivity contribution in [2.75, 3.05) is 4.90 Å². The molecule has 0 aromatic heterocycles. The van der Waals surface area contributed by atoms with E-state index in [-0.39, 0.29) is 10.8 Å². The Hall–Kier alpha value is -8.00. The summed E-state index contributed by atoms with van der Waals surface area (Å²) in [5.74, 6) is 0. The molecule has 0 radical (unpaired) electrons. The summed E-state index contributed by atoms with van der Waals surface area (Å²) in [7, 11) is 0. The minimum Gasteiger partial charge on any atom is -0.310 e. The SMILES string of the molecule is CC1(C)c2ccccc2-c2ccc(N(c3ccc(-c4ccc5c(c4)C(c4ccccc4)(c4ccccc4)c4ccccc4-5)cc3)c3ccc4c(c3)C(C)(c3ccccc3)c3ccccc3-4)cc21. The molecule has 0 heterocycles. The minimum absolute atomic E-state index is 0.134. The standard InChI is InChI=1S/C66H49N/c1-64(2)58-28-16-13-25-52(58)55-39-36-50(42-61(55)64)67(51-37-40-56-53-26-14-17-29-59(53)65(3,62(56)43-51)46-19-7-4-8-20-46)49-34-31-44(32-35-49)45-33-38-57-54-27-15-18-30-60(54)66(63(57)41-45,47-21-9-5-10-22-47)48-23-11-6-12-24-48/h4-43H,1-3H3. The molecule has 0 saturated heterocycles. The van der Waals surface area contributed by atoms with Gasteiger partial charge in [0.2, 0.25) is 0 Å². The molecule has 3 aliphatic carbocycles. The Balaban J connectivity index is 0.972. The number of hydrogen-bond donors (Lipinski definition) is 0. The summed E-state index contributed by atoms with van der Waals surface area (Å²) >= 11 is 0. The second-order valence-electron chi connectivity index (χ2n) is 19.3. The van der Waals surface area contributed by atoms with Crippen molar-refractivity contribution >= 4 is 17.1 Å². The van der Waals surface area contributed by atoms with Crippen LogP contribution in [0.15, 0.2) is 243 Å². The summed E-state index contributed by atoms with van der Waals surface area (Å²) in [6.07, 6.45) is 0. The van der Waals surface area contributed by atoms with Gasteiger partial charge in [0.15, 0.2) is 0 Å². The van der Waals surface area contributed by atoms with E-state index in [1.165, 1.54) is 94.6 Å². The highest BCUT2D eigenvalue weighted by molar-refractivity contribution is 5.91.